The van der Waals surface area contributed by atoms with E-state index in [2.05, 4.69) is 62.4 Å². The Morgan fingerprint density at radius 2 is 0.964 bits per heavy atom. The van der Waals surface area contributed by atoms with Crippen LogP contribution in [-0.4, -0.2) is 0 Å². The molecule has 0 N–H and O–H groups in total. The van der Waals surface area contributed by atoms with Gasteiger partial charge in [0.25, 0.3) is 0 Å². The lowest BCUT2D eigenvalue weighted by molar-refractivity contribution is -0.109. The molecular formula is C28H36. The van der Waals surface area contributed by atoms with Gasteiger partial charge in [-0.1, -0.05) is 62.4 Å². The standard InChI is InChI=1S/C28H36/c1-3-21-5-9-23(10-6-21)14-27-16-25-13-26(17-27)19-28(18-25,20-27)15-24-11-7-22(4-2)8-12-24/h5-12,25-26H,3-4,13-20H2,1-2H3. The fraction of sp³-hybridized carbons (Fsp3) is 0.571. The Morgan fingerprint density at radius 1 is 0.607 bits per heavy atom. The Bertz CT molecular complexity index is 729. The van der Waals surface area contributed by atoms with Crippen LogP contribution >= 0.6 is 0 Å². The highest BCUT2D eigenvalue weighted by Crippen LogP contribution is 2.66. The largest absolute Gasteiger partial charge is 0.0613 e. The summed E-state index contributed by atoms with van der Waals surface area (Å²) in [6.45, 7) is 4.51. The molecule has 0 spiro atoms. The number of aryl methyl sites for hydroxylation is 2. The molecule has 0 heteroatoms. The quantitative estimate of drug-likeness (QED) is 0.503. The lowest BCUT2D eigenvalue weighted by Gasteiger charge is -2.63. The summed E-state index contributed by atoms with van der Waals surface area (Å²) in [5.41, 5.74) is 7.29. The van der Waals surface area contributed by atoms with Crippen molar-refractivity contribution in [3.8, 4) is 0 Å². The molecule has 2 aromatic rings. The summed E-state index contributed by atoms with van der Waals surface area (Å²) in [5, 5.41) is 0. The predicted octanol–water partition coefficient (Wildman–Crippen LogP) is 7.18. The third-order valence-electron chi connectivity index (χ3n) is 8.32. The van der Waals surface area contributed by atoms with E-state index in [9.17, 15) is 0 Å². The minimum absolute atomic E-state index is 0.584. The SMILES string of the molecule is CCc1ccc(CC23CC4CC(C2)CC(Cc2ccc(CC)cc2)(C4)C3)cc1. The molecule has 0 saturated heterocycles. The lowest BCUT2D eigenvalue weighted by atomic mass is 9.42. The smallest absolute Gasteiger partial charge is 0.0222 e. The van der Waals surface area contributed by atoms with Gasteiger partial charge in [0.15, 0.2) is 0 Å². The maximum atomic E-state index is 2.42. The average molecular weight is 373 g/mol. The average Bonchev–Trinajstić information content (AvgIpc) is 2.67. The summed E-state index contributed by atoms with van der Waals surface area (Å²) in [6.07, 6.45) is 13.9. The van der Waals surface area contributed by atoms with Crippen LogP contribution in [0.25, 0.3) is 0 Å². The van der Waals surface area contributed by atoms with Gasteiger partial charge in [-0.05, 0) is 109 Å². The van der Waals surface area contributed by atoms with Gasteiger partial charge in [0.05, 0.1) is 0 Å². The molecule has 0 heterocycles. The van der Waals surface area contributed by atoms with Gasteiger partial charge in [-0.2, -0.15) is 0 Å². The van der Waals surface area contributed by atoms with Crippen molar-refractivity contribution in [2.24, 2.45) is 22.7 Å². The minimum atomic E-state index is 0.584. The molecular weight excluding hydrogens is 336 g/mol. The van der Waals surface area contributed by atoms with E-state index in [0.717, 1.165) is 24.7 Å². The maximum Gasteiger partial charge on any atom is -0.0222 e. The number of benzene rings is 2. The zero-order valence-corrected chi connectivity index (χ0v) is 17.8. The Labute approximate surface area is 171 Å². The first-order chi connectivity index (χ1) is 13.6. The molecule has 0 atom stereocenters. The van der Waals surface area contributed by atoms with Gasteiger partial charge in [0.1, 0.15) is 0 Å². The molecule has 0 amide bonds. The third kappa shape index (κ3) is 3.44. The van der Waals surface area contributed by atoms with Crippen molar-refractivity contribution in [2.75, 3.05) is 0 Å². The van der Waals surface area contributed by atoms with E-state index < -0.39 is 0 Å². The van der Waals surface area contributed by atoms with Crippen molar-refractivity contribution in [3.05, 3.63) is 70.8 Å². The Kier molecular flexibility index (Phi) is 4.65. The highest BCUT2D eigenvalue weighted by Gasteiger charge is 2.57. The minimum Gasteiger partial charge on any atom is -0.0613 e. The highest BCUT2D eigenvalue weighted by molar-refractivity contribution is 5.27. The van der Waals surface area contributed by atoms with E-state index in [1.807, 2.05) is 0 Å². The molecule has 4 aliphatic rings. The summed E-state index contributed by atoms with van der Waals surface area (Å²) in [6, 6.07) is 19.1. The predicted molar refractivity (Wildman–Crippen MR) is 119 cm³/mol. The fourth-order valence-corrected chi connectivity index (χ4v) is 7.71. The van der Waals surface area contributed by atoms with Gasteiger partial charge in [-0.15, -0.1) is 0 Å². The molecule has 4 bridgehead atoms. The van der Waals surface area contributed by atoms with Crippen molar-refractivity contribution in [2.45, 2.75) is 78.1 Å². The second-order valence-corrected chi connectivity index (χ2v) is 10.7. The first kappa shape index (κ1) is 18.5. The lowest BCUT2D eigenvalue weighted by Crippen LogP contribution is -2.53. The normalized spacial score (nSPS) is 33.4. The molecule has 28 heavy (non-hydrogen) atoms. The molecule has 4 fully saturated rings. The Morgan fingerprint density at radius 3 is 1.32 bits per heavy atom. The van der Waals surface area contributed by atoms with Crippen LogP contribution < -0.4 is 0 Å². The van der Waals surface area contributed by atoms with Crippen molar-refractivity contribution >= 4 is 0 Å². The Hall–Kier alpha value is -1.56. The van der Waals surface area contributed by atoms with Crippen LogP contribution in [0.5, 0.6) is 0 Å². The van der Waals surface area contributed by atoms with Crippen LogP contribution in [0.2, 0.25) is 0 Å². The van der Waals surface area contributed by atoms with Gasteiger partial charge in [-0.3, -0.25) is 0 Å². The van der Waals surface area contributed by atoms with E-state index in [1.165, 1.54) is 62.5 Å². The molecule has 148 valence electrons. The van der Waals surface area contributed by atoms with Crippen molar-refractivity contribution in [3.63, 3.8) is 0 Å². The first-order valence-corrected chi connectivity index (χ1v) is 11.7. The van der Waals surface area contributed by atoms with Gasteiger partial charge >= 0.3 is 0 Å². The highest BCUT2D eigenvalue weighted by atomic mass is 14.6. The van der Waals surface area contributed by atoms with Gasteiger partial charge in [-0.25, -0.2) is 0 Å². The second-order valence-electron chi connectivity index (χ2n) is 10.7. The second kappa shape index (κ2) is 7.05. The van der Waals surface area contributed by atoms with E-state index in [-0.39, 0.29) is 0 Å². The van der Waals surface area contributed by atoms with Crippen LogP contribution in [-0.2, 0) is 25.7 Å². The molecule has 0 aromatic heterocycles. The first-order valence-electron chi connectivity index (χ1n) is 11.7. The topological polar surface area (TPSA) is 0 Å². The number of hydrogen-bond donors (Lipinski definition) is 0. The third-order valence-corrected chi connectivity index (χ3v) is 8.32. The summed E-state index contributed by atoms with van der Waals surface area (Å²) in [4.78, 5) is 0. The molecule has 4 aliphatic carbocycles. The number of rotatable bonds is 6. The number of hydrogen-bond acceptors (Lipinski definition) is 0. The molecule has 6 rings (SSSR count). The van der Waals surface area contributed by atoms with Crippen molar-refractivity contribution in [1.29, 1.82) is 0 Å². The zero-order chi connectivity index (χ0) is 19.2. The van der Waals surface area contributed by atoms with E-state index in [4.69, 9.17) is 0 Å². The molecule has 4 saturated carbocycles. The van der Waals surface area contributed by atoms with E-state index >= 15 is 0 Å². The molecule has 0 unspecified atom stereocenters. The van der Waals surface area contributed by atoms with Crippen LogP contribution in [0.4, 0.5) is 0 Å². The summed E-state index contributed by atoms with van der Waals surface area (Å²) in [5.74, 6) is 1.98. The molecule has 0 aliphatic heterocycles. The van der Waals surface area contributed by atoms with Crippen molar-refractivity contribution < 1.29 is 0 Å². The maximum absolute atomic E-state index is 2.42. The van der Waals surface area contributed by atoms with Crippen LogP contribution in [0.3, 0.4) is 0 Å². The monoisotopic (exact) mass is 372 g/mol. The van der Waals surface area contributed by atoms with Gasteiger partial charge < -0.3 is 0 Å². The van der Waals surface area contributed by atoms with Crippen LogP contribution in [0, 0.1) is 22.7 Å². The zero-order valence-electron chi connectivity index (χ0n) is 17.8. The van der Waals surface area contributed by atoms with Gasteiger partial charge in [0, 0.05) is 0 Å². The summed E-state index contributed by atoms with van der Waals surface area (Å²) in [7, 11) is 0. The van der Waals surface area contributed by atoms with Crippen LogP contribution in [0.15, 0.2) is 48.5 Å². The molecule has 0 radical (unpaired) electrons. The fourth-order valence-electron chi connectivity index (χ4n) is 7.71. The molecule has 0 nitrogen and oxygen atoms in total. The van der Waals surface area contributed by atoms with E-state index in [1.54, 1.807) is 11.1 Å². The van der Waals surface area contributed by atoms with E-state index in [0.29, 0.717) is 10.8 Å². The molecule has 2 aromatic carbocycles. The van der Waals surface area contributed by atoms with Crippen molar-refractivity contribution in [1.82, 2.24) is 0 Å². The Balaban J connectivity index is 1.38. The summed E-state index contributed by atoms with van der Waals surface area (Å²) < 4.78 is 0. The summed E-state index contributed by atoms with van der Waals surface area (Å²) >= 11 is 0. The van der Waals surface area contributed by atoms with Crippen LogP contribution in [0.1, 0.15) is 74.6 Å². The van der Waals surface area contributed by atoms with Gasteiger partial charge in [0.2, 0.25) is 0 Å².